The molecule has 0 aliphatic carbocycles. The highest BCUT2D eigenvalue weighted by molar-refractivity contribution is 6.62. The van der Waals surface area contributed by atoms with Crippen molar-refractivity contribution in [3.63, 3.8) is 0 Å². The maximum atomic E-state index is 11.3. The number of carbonyl (C=O) groups is 1. The van der Waals surface area contributed by atoms with E-state index in [9.17, 15) is 9.90 Å². The molecule has 1 unspecified atom stereocenters. The van der Waals surface area contributed by atoms with Crippen LogP contribution in [0.15, 0.2) is 18.2 Å². The molecule has 126 valence electrons. The Labute approximate surface area is 136 Å². The van der Waals surface area contributed by atoms with E-state index in [1.54, 1.807) is 12.1 Å². The van der Waals surface area contributed by atoms with E-state index in [-0.39, 0.29) is 13.2 Å². The minimum absolute atomic E-state index is 0.160. The third-order valence-corrected chi connectivity index (χ3v) is 4.47. The van der Waals surface area contributed by atoms with Gasteiger partial charge in [0, 0.05) is 17.8 Å². The monoisotopic (exact) mass is 321 g/mol. The lowest BCUT2D eigenvalue weighted by atomic mass is 9.78. The van der Waals surface area contributed by atoms with Crippen molar-refractivity contribution >= 4 is 24.6 Å². The van der Waals surface area contributed by atoms with Crippen molar-refractivity contribution in [3.8, 4) is 0 Å². The van der Waals surface area contributed by atoms with Gasteiger partial charge < -0.3 is 24.8 Å². The predicted octanol–water partition coefficient (Wildman–Crippen LogP) is 0.563. The van der Waals surface area contributed by atoms with E-state index in [0.717, 1.165) is 11.7 Å². The van der Waals surface area contributed by atoms with Crippen molar-refractivity contribution in [2.45, 2.75) is 45.0 Å². The number of hydrogen-bond acceptors (Lipinski definition) is 6. The Morgan fingerprint density at radius 1 is 1.26 bits per heavy atom. The first kappa shape index (κ1) is 17.9. The lowest BCUT2D eigenvalue weighted by Gasteiger charge is -2.32. The molecule has 0 aromatic heterocycles. The smallest absolute Gasteiger partial charge is 0.399 e. The summed E-state index contributed by atoms with van der Waals surface area (Å²) in [6.45, 7) is 7.71. The zero-order valence-electron chi connectivity index (χ0n) is 14.0. The van der Waals surface area contributed by atoms with Crippen LogP contribution in [0.4, 0.5) is 5.69 Å². The quantitative estimate of drug-likeness (QED) is 0.524. The Bertz CT molecular complexity index is 560. The van der Waals surface area contributed by atoms with Crippen LogP contribution in [-0.4, -0.2) is 54.1 Å². The molecule has 2 rings (SSSR count). The average Bonchev–Trinajstić information content (AvgIpc) is 2.72. The van der Waals surface area contributed by atoms with E-state index in [4.69, 9.17) is 14.4 Å². The van der Waals surface area contributed by atoms with E-state index >= 15 is 0 Å². The van der Waals surface area contributed by atoms with Gasteiger partial charge in [-0.3, -0.25) is 4.79 Å². The highest BCUT2D eigenvalue weighted by atomic mass is 16.7. The van der Waals surface area contributed by atoms with E-state index in [2.05, 4.69) is 5.32 Å². The normalized spacial score (nSPS) is 20.3. The van der Waals surface area contributed by atoms with Crippen molar-refractivity contribution in [2.75, 3.05) is 18.5 Å². The fraction of sp³-hybridized carbons (Fsp3) is 0.562. The van der Waals surface area contributed by atoms with Gasteiger partial charge in [0.25, 0.3) is 0 Å². The van der Waals surface area contributed by atoms with Gasteiger partial charge in [0.05, 0.1) is 23.9 Å². The fourth-order valence-corrected chi connectivity index (χ4v) is 2.26. The Morgan fingerprint density at radius 3 is 2.39 bits per heavy atom. The first-order valence-corrected chi connectivity index (χ1v) is 7.68. The van der Waals surface area contributed by atoms with Gasteiger partial charge in [-0.2, -0.15) is 0 Å². The summed E-state index contributed by atoms with van der Waals surface area (Å²) in [6.07, 6.45) is -0.139. The lowest BCUT2D eigenvalue weighted by Crippen LogP contribution is -2.41. The first-order valence-electron chi connectivity index (χ1n) is 7.68. The van der Waals surface area contributed by atoms with Crippen molar-refractivity contribution in [1.82, 2.24) is 0 Å². The van der Waals surface area contributed by atoms with Gasteiger partial charge in [0.15, 0.2) is 6.29 Å². The van der Waals surface area contributed by atoms with Crippen LogP contribution in [0.2, 0.25) is 0 Å². The van der Waals surface area contributed by atoms with Crippen molar-refractivity contribution < 1.29 is 24.3 Å². The fourth-order valence-electron chi connectivity index (χ4n) is 2.26. The molecule has 1 aliphatic heterocycles. The number of hydrogen-bond donors (Lipinski definition) is 3. The Balaban J connectivity index is 2.18. The molecule has 1 atom stereocenters. The first-order chi connectivity index (χ1) is 10.7. The predicted molar refractivity (Wildman–Crippen MR) is 89.1 cm³/mol. The third-order valence-electron chi connectivity index (χ3n) is 4.47. The van der Waals surface area contributed by atoms with Gasteiger partial charge in [-0.25, -0.2) is 0 Å². The van der Waals surface area contributed by atoms with Crippen LogP contribution in [0.25, 0.3) is 0 Å². The Morgan fingerprint density at radius 2 is 1.87 bits per heavy atom. The molecule has 0 amide bonds. The number of rotatable bonds is 6. The molecule has 1 saturated heterocycles. The zero-order valence-corrected chi connectivity index (χ0v) is 14.0. The van der Waals surface area contributed by atoms with Crippen LogP contribution in [0.3, 0.4) is 0 Å². The molecule has 6 nitrogen and oxygen atoms in total. The number of benzene rings is 1. The molecular weight excluding hydrogens is 297 g/mol. The lowest BCUT2D eigenvalue weighted by molar-refractivity contribution is 0.00578. The number of anilines is 1. The third kappa shape index (κ3) is 3.75. The van der Waals surface area contributed by atoms with Gasteiger partial charge in [-0.15, -0.1) is 0 Å². The number of aliphatic hydroxyl groups is 2. The Kier molecular flexibility index (Phi) is 5.15. The van der Waals surface area contributed by atoms with Crippen LogP contribution in [0.1, 0.15) is 38.1 Å². The topological polar surface area (TPSA) is 88.0 Å². The second-order valence-electron chi connectivity index (χ2n) is 6.77. The number of aliphatic hydroxyl groups excluding tert-OH is 2. The summed E-state index contributed by atoms with van der Waals surface area (Å²) < 4.78 is 11.9. The summed E-state index contributed by atoms with van der Waals surface area (Å²) in [5.74, 6) is 0. The number of nitrogens with one attached hydrogen (secondary N) is 1. The Hall–Kier alpha value is -1.41. The van der Waals surface area contributed by atoms with Gasteiger partial charge in [-0.1, -0.05) is 6.07 Å². The summed E-state index contributed by atoms with van der Waals surface area (Å²) in [4.78, 5) is 11.3. The second kappa shape index (κ2) is 6.61. The van der Waals surface area contributed by atoms with E-state index in [1.165, 1.54) is 0 Å². The minimum atomic E-state index is -0.878. The van der Waals surface area contributed by atoms with Crippen LogP contribution in [0.5, 0.6) is 0 Å². The van der Waals surface area contributed by atoms with Crippen molar-refractivity contribution in [3.05, 3.63) is 23.8 Å². The van der Waals surface area contributed by atoms with Crippen LogP contribution in [-0.2, 0) is 9.31 Å². The molecule has 1 aromatic rings. The molecule has 0 spiro atoms. The highest BCUT2D eigenvalue weighted by Crippen LogP contribution is 2.36. The number of aldehydes is 1. The van der Waals surface area contributed by atoms with E-state index in [1.807, 2.05) is 33.8 Å². The molecule has 3 N–H and O–H groups in total. The standard InChI is InChI=1S/C16H24BNO5/c1-15(2)16(3,4)23-17(22-15)12-5-6-14(11(7-12)9-19)18-8-13(21)10-20/h5-7,9,13,18,20-21H,8,10H2,1-4H3. The SMILES string of the molecule is CC1(C)OB(c2ccc(NCC(O)CO)c(C=O)c2)OC1(C)C. The molecule has 23 heavy (non-hydrogen) atoms. The molecule has 1 fully saturated rings. The molecule has 0 bridgehead atoms. The van der Waals surface area contributed by atoms with Crippen molar-refractivity contribution in [2.24, 2.45) is 0 Å². The summed E-state index contributed by atoms with van der Waals surface area (Å²) >= 11 is 0. The van der Waals surface area contributed by atoms with E-state index < -0.39 is 24.4 Å². The van der Waals surface area contributed by atoms with E-state index in [0.29, 0.717) is 11.3 Å². The van der Waals surface area contributed by atoms with Gasteiger partial charge in [0.2, 0.25) is 0 Å². The van der Waals surface area contributed by atoms with Crippen LogP contribution in [0, 0.1) is 0 Å². The van der Waals surface area contributed by atoms with Gasteiger partial charge in [0.1, 0.15) is 0 Å². The van der Waals surface area contributed by atoms with Crippen molar-refractivity contribution in [1.29, 1.82) is 0 Å². The van der Waals surface area contributed by atoms with Crippen LogP contribution < -0.4 is 10.8 Å². The maximum Gasteiger partial charge on any atom is 0.494 e. The molecule has 1 aliphatic rings. The average molecular weight is 321 g/mol. The van der Waals surface area contributed by atoms with Crippen LogP contribution >= 0.6 is 0 Å². The molecule has 1 aromatic carbocycles. The molecule has 7 heteroatoms. The summed E-state index contributed by atoms with van der Waals surface area (Å²) in [5, 5.41) is 21.2. The highest BCUT2D eigenvalue weighted by Gasteiger charge is 2.51. The summed E-state index contributed by atoms with van der Waals surface area (Å²) in [5.41, 5.74) is 0.914. The van der Waals surface area contributed by atoms with Gasteiger partial charge >= 0.3 is 7.12 Å². The van der Waals surface area contributed by atoms with Gasteiger partial charge in [-0.05, 0) is 45.3 Å². The summed E-state index contributed by atoms with van der Waals surface area (Å²) in [6, 6.07) is 5.28. The molecular formula is C16H24BNO5. The molecule has 0 radical (unpaired) electrons. The molecule has 1 heterocycles. The second-order valence-corrected chi connectivity index (χ2v) is 6.77. The summed E-state index contributed by atoms with van der Waals surface area (Å²) in [7, 11) is -0.532. The minimum Gasteiger partial charge on any atom is -0.399 e. The zero-order chi connectivity index (χ0) is 17.3. The molecule has 0 saturated carbocycles. The number of carbonyl (C=O) groups excluding carboxylic acids is 1. The largest absolute Gasteiger partial charge is 0.494 e. The maximum absolute atomic E-state index is 11.3.